The molecule has 20 heavy (non-hydrogen) atoms. The Balaban J connectivity index is 0.00000200. The first-order valence-corrected chi connectivity index (χ1v) is 8.88. The Hall–Kier alpha value is -0.410. The van der Waals surface area contributed by atoms with Gasteiger partial charge in [-0.25, -0.2) is 17.7 Å². The van der Waals surface area contributed by atoms with Crippen molar-refractivity contribution in [2.45, 2.75) is 25.4 Å². The summed E-state index contributed by atoms with van der Waals surface area (Å²) in [5.74, 6) is 0. The molecule has 0 spiro atoms. The number of nitrogens with two attached hydrogens (primary N) is 1. The standard InChI is InChI=1S/C11H20N4O2S2.ClH/c1-14(19(2,16)17)9-3-5-15(6-4-9)8-10-7-13-11(12)18-10;/h7,9H,3-6,8H2,1-2H3,(H2,12,13);1H. The molecular weight excluding hydrogens is 320 g/mol. The highest BCUT2D eigenvalue weighted by atomic mass is 35.5. The molecule has 2 rings (SSSR count). The Morgan fingerprint density at radius 2 is 2.10 bits per heavy atom. The van der Waals surface area contributed by atoms with Gasteiger partial charge in [0.2, 0.25) is 10.0 Å². The Morgan fingerprint density at radius 1 is 1.50 bits per heavy atom. The SMILES string of the molecule is CN(C1CCN(Cc2cnc(N)s2)CC1)S(C)(=O)=O.Cl. The molecule has 0 saturated carbocycles. The Bertz CT molecular complexity index is 526. The second kappa shape index (κ2) is 7.04. The van der Waals surface area contributed by atoms with Crippen molar-refractivity contribution >= 4 is 38.9 Å². The van der Waals surface area contributed by atoms with E-state index in [1.54, 1.807) is 7.05 Å². The lowest BCUT2D eigenvalue weighted by molar-refractivity contribution is 0.165. The number of hydrogen-bond donors (Lipinski definition) is 1. The van der Waals surface area contributed by atoms with Crippen LogP contribution >= 0.6 is 23.7 Å². The number of thiazole rings is 1. The molecule has 2 heterocycles. The topological polar surface area (TPSA) is 79.5 Å². The zero-order valence-corrected chi connectivity index (χ0v) is 14.1. The maximum absolute atomic E-state index is 11.5. The van der Waals surface area contributed by atoms with E-state index in [1.165, 1.54) is 21.9 Å². The highest BCUT2D eigenvalue weighted by Gasteiger charge is 2.27. The van der Waals surface area contributed by atoms with Gasteiger partial charge in [0.25, 0.3) is 0 Å². The number of anilines is 1. The summed E-state index contributed by atoms with van der Waals surface area (Å²) in [7, 11) is -1.42. The van der Waals surface area contributed by atoms with Crippen molar-refractivity contribution in [1.29, 1.82) is 0 Å². The van der Waals surface area contributed by atoms with E-state index in [9.17, 15) is 8.42 Å². The molecule has 1 aliphatic rings. The third-order valence-electron chi connectivity index (χ3n) is 3.55. The Morgan fingerprint density at radius 3 is 2.55 bits per heavy atom. The number of aromatic nitrogens is 1. The highest BCUT2D eigenvalue weighted by molar-refractivity contribution is 7.88. The molecule has 2 N–H and O–H groups in total. The summed E-state index contributed by atoms with van der Waals surface area (Å²) in [6.45, 7) is 2.66. The van der Waals surface area contributed by atoms with E-state index in [0.29, 0.717) is 5.13 Å². The predicted molar refractivity (Wildman–Crippen MR) is 84.7 cm³/mol. The fourth-order valence-corrected chi connectivity index (χ4v) is 3.81. The zero-order chi connectivity index (χ0) is 14.0. The fourth-order valence-electron chi connectivity index (χ4n) is 2.33. The normalized spacial score (nSPS) is 18.1. The monoisotopic (exact) mass is 340 g/mol. The summed E-state index contributed by atoms with van der Waals surface area (Å²) in [5, 5.41) is 0.599. The van der Waals surface area contributed by atoms with Gasteiger partial charge in [-0.05, 0) is 12.8 Å². The lowest BCUT2D eigenvalue weighted by Crippen LogP contribution is -2.44. The van der Waals surface area contributed by atoms with Gasteiger partial charge in [-0.15, -0.1) is 23.7 Å². The number of rotatable bonds is 4. The Labute approximate surface area is 130 Å². The molecular formula is C11H21ClN4O2S2. The van der Waals surface area contributed by atoms with E-state index in [1.807, 2.05) is 6.20 Å². The fraction of sp³-hybridized carbons (Fsp3) is 0.727. The van der Waals surface area contributed by atoms with Gasteiger partial charge in [0.15, 0.2) is 5.13 Å². The summed E-state index contributed by atoms with van der Waals surface area (Å²) < 4.78 is 24.5. The van der Waals surface area contributed by atoms with E-state index in [2.05, 4.69) is 9.88 Å². The van der Waals surface area contributed by atoms with Crippen LogP contribution in [0.2, 0.25) is 0 Å². The number of likely N-dealkylation sites (tertiary alicyclic amines) is 1. The van der Waals surface area contributed by atoms with E-state index < -0.39 is 10.0 Å². The van der Waals surface area contributed by atoms with Crippen LogP contribution < -0.4 is 5.73 Å². The molecule has 1 aliphatic heterocycles. The average Bonchev–Trinajstić information content (AvgIpc) is 2.74. The van der Waals surface area contributed by atoms with Gasteiger partial charge in [0, 0.05) is 43.8 Å². The smallest absolute Gasteiger partial charge is 0.211 e. The second-order valence-corrected chi connectivity index (χ2v) is 8.14. The quantitative estimate of drug-likeness (QED) is 0.884. The van der Waals surface area contributed by atoms with Crippen LogP contribution in [0.15, 0.2) is 6.20 Å². The summed E-state index contributed by atoms with van der Waals surface area (Å²) in [6.07, 6.45) is 4.82. The van der Waals surface area contributed by atoms with Crippen molar-refractivity contribution in [2.24, 2.45) is 0 Å². The van der Waals surface area contributed by atoms with Crippen molar-refractivity contribution in [2.75, 3.05) is 32.1 Å². The molecule has 0 unspecified atom stereocenters. The number of piperidine rings is 1. The van der Waals surface area contributed by atoms with Crippen LogP contribution in [0.1, 0.15) is 17.7 Å². The maximum Gasteiger partial charge on any atom is 0.211 e. The molecule has 1 saturated heterocycles. The van der Waals surface area contributed by atoms with Crippen molar-refractivity contribution in [3.63, 3.8) is 0 Å². The number of nitrogen functional groups attached to an aromatic ring is 1. The molecule has 0 amide bonds. The molecule has 1 aromatic heterocycles. The minimum atomic E-state index is -3.09. The highest BCUT2D eigenvalue weighted by Crippen LogP contribution is 2.21. The van der Waals surface area contributed by atoms with E-state index in [-0.39, 0.29) is 18.4 Å². The van der Waals surface area contributed by atoms with Gasteiger partial charge in [-0.3, -0.25) is 4.90 Å². The lowest BCUT2D eigenvalue weighted by Gasteiger charge is -2.35. The third-order valence-corrected chi connectivity index (χ3v) is 5.70. The van der Waals surface area contributed by atoms with Crippen LogP contribution in [0, 0.1) is 0 Å². The first kappa shape index (κ1) is 17.6. The van der Waals surface area contributed by atoms with E-state index in [4.69, 9.17) is 5.73 Å². The largest absolute Gasteiger partial charge is 0.375 e. The molecule has 1 fully saturated rings. The van der Waals surface area contributed by atoms with E-state index >= 15 is 0 Å². The molecule has 1 aromatic rings. The summed E-state index contributed by atoms with van der Waals surface area (Å²) in [4.78, 5) is 7.52. The third kappa shape index (κ3) is 4.56. The average molecular weight is 341 g/mol. The van der Waals surface area contributed by atoms with Crippen molar-refractivity contribution in [3.8, 4) is 0 Å². The minimum absolute atomic E-state index is 0. The minimum Gasteiger partial charge on any atom is -0.375 e. The number of nitrogens with zero attached hydrogens (tertiary/aromatic N) is 3. The van der Waals surface area contributed by atoms with Gasteiger partial charge in [-0.1, -0.05) is 0 Å². The molecule has 0 bridgehead atoms. The maximum atomic E-state index is 11.5. The van der Waals surface area contributed by atoms with Crippen molar-refractivity contribution < 1.29 is 8.42 Å². The van der Waals surface area contributed by atoms with Gasteiger partial charge in [0.1, 0.15) is 0 Å². The molecule has 6 nitrogen and oxygen atoms in total. The molecule has 0 aromatic carbocycles. The lowest BCUT2D eigenvalue weighted by atomic mass is 10.1. The molecule has 0 atom stereocenters. The molecule has 9 heteroatoms. The van der Waals surface area contributed by atoms with Gasteiger partial charge in [0.05, 0.1) is 6.26 Å². The van der Waals surface area contributed by atoms with Crippen LogP contribution in [0.25, 0.3) is 0 Å². The predicted octanol–water partition coefficient (Wildman–Crippen LogP) is 1.00. The summed E-state index contributed by atoms with van der Waals surface area (Å²) in [5.41, 5.74) is 5.61. The molecule has 116 valence electrons. The van der Waals surface area contributed by atoms with E-state index in [0.717, 1.165) is 37.4 Å². The first-order valence-electron chi connectivity index (χ1n) is 6.22. The van der Waals surface area contributed by atoms with Crippen LogP contribution in [0.5, 0.6) is 0 Å². The second-order valence-electron chi connectivity index (χ2n) is 4.95. The van der Waals surface area contributed by atoms with Gasteiger partial charge >= 0.3 is 0 Å². The van der Waals surface area contributed by atoms with Crippen LogP contribution in [-0.2, 0) is 16.6 Å². The number of halogens is 1. The Kier molecular flexibility index (Phi) is 6.21. The summed E-state index contributed by atoms with van der Waals surface area (Å²) in [6, 6.07) is 0.123. The number of sulfonamides is 1. The summed E-state index contributed by atoms with van der Waals surface area (Å²) >= 11 is 1.51. The van der Waals surface area contributed by atoms with Crippen LogP contribution in [0.3, 0.4) is 0 Å². The van der Waals surface area contributed by atoms with Crippen LogP contribution in [0.4, 0.5) is 5.13 Å². The first-order chi connectivity index (χ1) is 8.86. The number of hydrogen-bond acceptors (Lipinski definition) is 6. The van der Waals surface area contributed by atoms with Crippen molar-refractivity contribution in [1.82, 2.24) is 14.2 Å². The van der Waals surface area contributed by atoms with Crippen molar-refractivity contribution in [3.05, 3.63) is 11.1 Å². The zero-order valence-electron chi connectivity index (χ0n) is 11.7. The van der Waals surface area contributed by atoms with Gasteiger partial charge < -0.3 is 5.73 Å². The molecule has 0 aliphatic carbocycles. The van der Waals surface area contributed by atoms with Gasteiger partial charge in [-0.2, -0.15) is 0 Å². The van der Waals surface area contributed by atoms with Crippen LogP contribution in [-0.4, -0.2) is 55.0 Å². The molecule has 0 radical (unpaired) electrons.